The largest absolute Gasteiger partial charge is 0.497 e. The first kappa shape index (κ1) is 26.0. The number of carbonyl (C=O) groups excluding carboxylic acids is 2. The van der Waals surface area contributed by atoms with E-state index < -0.39 is 5.91 Å². The molecule has 0 fully saturated rings. The third-order valence-corrected chi connectivity index (χ3v) is 5.39. The van der Waals surface area contributed by atoms with E-state index in [0.29, 0.717) is 52.6 Å². The summed E-state index contributed by atoms with van der Waals surface area (Å²) in [5, 5.41) is 4.83. The second-order valence-electron chi connectivity index (χ2n) is 7.43. The molecule has 0 aliphatic heterocycles. The van der Waals surface area contributed by atoms with Crippen molar-refractivity contribution in [1.29, 1.82) is 0 Å². The van der Waals surface area contributed by atoms with Gasteiger partial charge in [-0.15, -0.1) is 11.3 Å². The van der Waals surface area contributed by atoms with Gasteiger partial charge in [0.15, 0.2) is 5.13 Å². The highest BCUT2D eigenvalue weighted by molar-refractivity contribution is 7.14. The maximum Gasteiger partial charge on any atom is 0.311 e. The molecule has 1 aromatic heterocycles. The van der Waals surface area contributed by atoms with Crippen LogP contribution in [0.3, 0.4) is 0 Å². The molecule has 9 nitrogen and oxygen atoms in total. The van der Waals surface area contributed by atoms with Crippen LogP contribution in [0.5, 0.6) is 23.0 Å². The van der Waals surface area contributed by atoms with Crippen molar-refractivity contribution in [3.05, 3.63) is 59.1 Å². The first-order valence-electron chi connectivity index (χ1n) is 10.9. The standard InChI is InChI=1S/C25H28N2O7S/c1-5-32-23(28)12-18-15-35-25(26-18)27-24(29)17-10-21(33-16(2)14-30-3)13-22(11-17)34-20-8-6-19(31-4)7-9-20/h6-11,13,15-16H,5,12,14H2,1-4H3,(H,26,27,29)/t16-/m0/s1. The molecule has 0 spiro atoms. The van der Waals surface area contributed by atoms with Crippen molar-refractivity contribution in [1.82, 2.24) is 4.98 Å². The molecule has 0 radical (unpaired) electrons. The van der Waals surface area contributed by atoms with Crippen molar-refractivity contribution < 1.29 is 33.3 Å². The average Bonchev–Trinajstić information content (AvgIpc) is 3.26. The zero-order chi connectivity index (χ0) is 25.2. The summed E-state index contributed by atoms with van der Waals surface area (Å²) in [7, 11) is 3.18. The fourth-order valence-corrected chi connectivity index (χ4v) is 3.79. The maximum atomic E-state index is 13.0. The van der Waals surface area contributed by atoms with Crippen LogP contribution in [0.25, 0.3) is 0 Å². The van der Waals surface area contributed by atoms with Crippen LogP contribution < -0.4 is 19.5 Å². The van der Waals surface area contributed by atoms with E-state index in [1.165, 1.54) is 11.3 Å². The van der Waals surface area contributed by atoms with Gasteiger partial charge in [-0.05, 0) is 50.2 Å². The molecule has 186 valence electrons. The van der Waals surface area contributed by atoms with E-state index in [-0.39, 0.29) is 18.5 Å². The van der Waals surface area contributed by atoms with Gasteiger partial charge in [0.25, 0.3) is 5.91 Å². The number of nitrogens with one attached hydrogen (secondary N) is 1. The Morgan fingerprint density at radius 2 is 1.74 bits per heavy atom. The molecular weight excluding hydrogens is 472 g/mol. The number of benzene rings is 2. The van der Waals surface area contributed by atoms with Crippen LogP contribution in [0, 0.1) is 0 Å². The Labute approximate surface area is 207 Å². The van der Waals surface area contributed by atoms with Gasteiger partial charge in [-0.1, -0.05) is 0 Å². The quantitative estimate of drug-likeness (QED) is 0.356. The molecule has 3 aromatic rings. The third kappa shape index (κ3) is 7.97. The van der Waals surface area contributed by atoms with Gasteiger partial charge >= 0.3 is 5.97 Å². The first-order valence-corrected chi connectivity index (χ1v) is 11.8. The summed E-state index contributed by atoms with van der Waals surface area (Å²) in [5.41, 5.74) is 0.843. The van der Waals surface area contributed by atoms with Gasteiger partial charge in [0.05, 0.1) is 32.4 Å². The van der Waals surface area contributed by atoms with Gasteiger partial charge < -0.3 is 23.7 Å². The zero-order valence-electron chi connectivity index (χ0n) is 20.0. The minimum Gasteiger partial charge on any atom is -0.497 e. The van der Waals surface area contributed by atoms with Gasteiger partial charge in [-0.2, -0.15) is 0 Å². The number of anilines is 1. The lowest BCUT2D eigenvalue weighted by molar-refractivity contribution is -0.142. The lowest BCUT2D eigenvalue weighted by Gasteiger charge is -2.16. The lowest BCUT2D eigenvalue weighted by Crippen LogP contribution is -2.18. The van der Waals surface area contributed by atoms with E-state index in [0.717, 1.165) is 0 Å². The Balaban J connectivity index is 1.79. The number of esters is 1. The van der Waals surface area contributed by atoms with Crippen LogP contribution in [0.2, 0.25) is 0 Å². The Kier molecular flexibility index (Phi) is 9.45. The van der Waals surface area contributed by atoms with Crippen LogP contribution in [0.15, 0.2) is 47.8 Å². The molecule has 1 N–H and O–H groups in total. The highest BCUT2D eigenvalue weighted by atomic mass is 32.1. The Hall–Kier alpha value is -3.63. The van der Waals surface area contributed by atoms with E-state index in [2.05, 4.69) is 10.3 Å². The minimum absolute atomic E-state index is 0.0424. The number of nitrogens with zero attached hydrogens (tertiary/aromatic N) is 1. The topological polar surface area (TPSA) is 105 Å². The molecule has 0 unspecified atom stereocenters. The van der Waals surface area contributed by atoms with E-state index in [1.807, 2.05) is 6.92 Å². The Morgan fingerprint density at radius 3 is 2.43 bits per heavy atom. The van der Waals surface area contributed by atoms with Crippen LogP contribution >= 0.6 is 11.3 Å². The van der Waals surface area contributed by atoms with Crippen molar-refractivity contribution in [3.8, 4) is 23.0 Å². The maximum absolute atomic E-state index is 13.0. The van der Waals surface area contributed by atoms with Crippen LogP contribution in [-0.2, 0) is 20.7 Å². The van der Waals surface area contributed by atoms with Crippen LogP contribution in [0.4, 0.5) is 5.13 Å². The van der Waals surface area contributed by atoms with E-state index >= 15 is 0 Å². The van der Waals surface area contributed by atoms with Gasteiger partial charge in [-0.25, -0.2) is 4.98 Å². The minimum atomic E-state index is -0.397. The summed E-state index contributed by atoms with van der Waals surface area (Å²) in [6.07, 6.45) is -0.197. The molecule has 3 rings (SSSR count). The summed E-state index contributed by atoms with van der Waals surface area (Å²) in [6.45, 7) is 4.29. The number of aromatic nitrogens is 1. The molecule has 0 saturated heterocycles. The van der Waals surface area contributed by atoms with E-state index in [9.17, 15) is 9.59 Å². The molecule has 1 heterocycles. The van der Waals surface area contributed by atoms with Crippen molar-refractivity contribution in [2.45, 2.75) is 26.4 Å². The average molecular weight is 501 g/mol. The second-order valence-corrected chi connectivity index (χ2v) is 8.29. The molecule has 0 saturated carbocycles. The number of carbonyl (C=O) groups is 2. The van der Waals surface area contributed by atoms with Crippen LogP contribution in [0.1, 0.15) is 29.9 Å². The molecule has 2 aromatic carbocycles. The predicted octanol–water partition coefficient (Wildman–Crippen LogP) is 4.72. The number of rotatable bonds is 12. The molecule has 1 atom stereocenters. The van der Waals surface area contributed by atoms with E-state index in [1.54, 1.807) is 69.0 Å². The van der Waals surface area contributed by atoms with Gasteiger partial charge in [-0.3, -0.25) is 14.9 Å². The van der Waals surface area contributed by atoms with Gasteiger partial charge in [0, 0.05) is 24.1 Å². The number of thiazole rings is 1. The highest BCUT2D eigenvalue weighted by Gasteiger charge is 2.16. The number of methoxy groups -OCH3 is 2. The lowest BCUT2D eigenvalue weighted by atomic mass is 10.2. The highest BCUT2D eigenvalue weighted by Crippen LogP contribution is 2.30. The summed E-state index contributed by atoms with van der Waals surface area (Å²) in [4.78, 5) is 29.0. The Bertz CT molecular complexity index is 1130. The van der Waals surface area contributed by atoms with Crippen molar-refractivity contribution >= 4 is 28.3 Å². The molecule has 0 aliphatic carbocycles. The second kappa shape index (κ2) is 12.7. The van der Waals surface area contributed by atoms with Crippen molar-refractivity contribution in [3.63, 3.8) is 0 Å². The fraction of sp³-hybridized carbons (Fsp3) is 0.320. The summed E-state index contributed by atoms with van der Waals surface area (Å²) in [6, 6.07) is 12.0. The van der Waals surface area contributed by atoms with Gasteiger partial charge in [0.1, 0.15) is 29.1 Å². The van der Waals surface area contributed by atoms with Crippen molar-refractivity contribution in [2.24, 2.45) is 0 Å². The Morgan fingerprint density at radius 1 is 1.03 bits per heavy atom. The SMILES string of the molecule is CCOC(=O)Cc1csc(NC(=O)c2cc(Oc3ccc(OC)cc3)cc(O[C@@H](C)COC)c2)n1. The summed E-state index contributed by atoms with van der Waals surface area (Å²) in [5.74, 6) is 1.38. The summed E-state index contributed by atoms with van der Waals surface area (Å²) < 4.78 is 27.1. The van der Waals surface area contributed by atoms with Crippen LogP contribution in [-0.4, -0.2) is 50.4 Å². The van der Waals surface area contributed by atoms with E-state index in [4.69, 9.17) is 23.7 Å². The number of hydrogen-bond donors (Lipinski definition) is 1. The smallest absolute Gasteiger partial charge is 0.311 e. The molecular formula is C25H28N2O7S. The monoisotopic (exact) mass is 500 g/mol. The first-order chi connectivity index (χ1) is 16.9. The molecule has 0 bridgehead atoms. The van der Waals surface area contributed by atoms with Gasteiger partial charge in [0.2, 0.25) is 0 Å². The molecule has 10 heteroatoms. The molecule has 35 heavy (non-hydrogen) atoms. The molecule has 0 aliphatic rings. The predicted molar refractivity (Wildman–Crippen MR) is 132 cm³/mol. The normalized spacial score (nSPS) is 11.4. The third-order valence-electron chi connectivity index (χ3n) is 4.58. The van der Waals surface area contributed by atoms with Crippen molar-refractivity contribution in [2.75, 3.05) is 32.8 Å². The number of amides is 1. The number of hydrogen-bond acceptors (Lipinski definition) is 9. The zero-order valence-corrected chi connectivity index (χ0v) is 20.8. The number of ether oxygens (including phenoxy) is 5. The fourth-order valence-electron chi connectivity index (χ4n) is 3.09. The molecule has 1 amide bonds. The summed E-state index contributed by atoms with van der Waals surface area (Å²) >= 11 is 1.22.